The average Bonchev–Trinajstić information content (AvgIpc) is 2.42. The van der Waals surface area contributed by atoms with Crippen LogP contribution >= 0.6 is 11.6 Å². The number of halogens is 2. The number of hydrogen-bond donors (Lipinski definition) is 2. The molecule has 0 saturated carbocycles. The number of benzene rings is 1. The predicted molar refractivity (Wildman–Crippen MR) is 74.5 cm³/mol. The second-order valence-electron chi connectivity index (χ2n) is 4.78. The quantitative estimate of drug-likeness (QED) is 0.888. The second kappa shape index (κ2) is 5.34. The average molecular weight is 294 g/mol. The number of aromatic nitrogens is 2. The maximum absolute atomic E-state index is 13.0. The molecule has 0 bridgehead atoms. The standard InChI is InChI=1S/C14H13ClFN3O/c15-11-6-9(16)2-1-8(11)5-13-18-12-3-4-17-7-10(12)14(20)19-13/h1-2,6,17H,3-5,7H2,(H,18,19,20). The summed E-state index contributed by atoms with van der Waals surface area (Å²) < 4.78 is 13.0. The van der Waals surface area contributed by atoms with Gasteiger partial charge in [0.15, 0.2) is 0 Å². The van der Waals surface area contributed by atoms with Crippen molar-refractivity contribution in [2.24, 2.45) is 0 Å². The first-order valence-corrected chi connectivity index (χ1v) is 6.77. The Kier molecular flexibility index (Phi) is 3.54. The van der Waals surface area contributed by atoms with Gasteiger partial charge >= 0.3 is 0 Å². The van der Waals surface area contributed by atoms with Crippen LogP contribution in [-0.4, -0.2) is 16.5 Å². The lowest BCUT2D eigenvalue weighted by Crippen LogP contribution is -2.32. The minimum Gasteiger partial charge on any atom is -0.312 e. The number of H-pyrrole nitrogens is 1. The number of nitrogens with one attached hydrogen (secondary N) is 2. The van der Waals surface area contributed by atoms with Gasteiger partial charge in [-0.15, -0.1) is 0 Å². The molecule has 0 radical (unpaired) electrons. The third-order valence-corrected chi connectivity index (χ3v) is 3.72. The van der Waals surface area contributed by atoms with Gasteiger partial charge in [-0.25, -0.2) is 9.37 Å². The Balaban J connectivity index is 1.95. The van der Waals surface area contributed by atoms with Crippen LogP contribution < -0.4 is 10.9 Å². The van der Waals surface area contributed by atoms with Crippen LogP contribution in [0.4, 0.5) is 4.39 Å². The van der Waals surface area contributed by atoms with E-state index < -0.39 is 0 Å². The molecule has 3 rings (SSSR count). The number of fused-ring (bicyclic) bond motifs is 1. The molecule has 0 spiro atoms. The van der Waals surface area contributed by atoms with Gasteiger partial charge in [0.05, 0.1) is 11.3 Å². The minimum atomic E-state index is -0.378. The topological polar surface area (TPSA) is 57.8 Å². The molecule has 1 aliphatic rings. The highest BCUT2D eigenvalue weighted by Gasteiger charge is 2.15. The van der Waals surface area contributed by atoms with Crippen LogP contribution in [0.3, 0.4) is 0 Å². The van der Waals surface area contributed by atoms with Gasteiger partial charge in [0.2, 0.25) is 0 Å². The van der Waals surface area contributed by atoms with E-state index in [0.29, 0.717) is 29.4 Å². The Hall–Kier alpha value is -1.72. The molecule has 2 heterocycles. The Morgan fingerprint density at radius 2 is 2.25 bits per heavy atom. The highest BCUT2D eigenvalue weighted by molar-refractivity contribution is 6.31. The van der Waals surface area contributed by atoms with E-state index in [4.69, 9.17) is 11.6 Å². The molecule has 104 valence electrons. The van der Waals surface area contributed by atoms with Crippen LogP contribution in [0.1, 0.15) is 22.6 Å². The summed E-state index contributed by atoms with van der Waals surface area (Å²) in [6.07, 6.45) is 1.12. The zero-order chi connectivity index (χ0) is 14.1. The molecule has 1 aromatic carbocycles. The van der Waals surface area contributed by atoms with E-state index in [9.17, 15) is 9.18 Å². The molecule has 0 saturated heterocycles. The maximum Gasteiger partial charge on any atom is 0.255 e. The fourth-order valence-electron chi connectivity index (χ4n) is 2.33. The molecule has 2 aromatic rings. The van der Waals surface area contributed by atoms with Crippen molar-refractivity contribution >= 4 is 11.6 Å². The summed E-state index contributed by atoms with van der Waals surface area (Å²) in [4.78, 5) is 19.2. The SMILES string of the molecule is O=c1[nH]c(Cc2ccc(F)cc2Cl)nc2c1CNCC2. The Labute approximate surface area is 120 Å². The third kappa shape index (κ3) is 2.59. The minimum absolute atomic E-state index is 0.115. The van der Waals surface area contributed by atoms with E-state index >= 15 is 0 Å². The van der Waals surface area contributed by atoms with Gasteiger partial charge in [0.25, 0.3) is 5.56 Å². The second-order valence-corrected chi connectivity index (χ2v) is 5.18. The number of aromatic amines is 1. The van der Waals surface area contributed by atoms with Gasteiger partial charge in [0.1, 0.15) is 11.6 Å². The van der Waals surface area contributed by atoms with Crippen LogP contribution in [0.15, 0.2) is 23.0 Å². The van der Waals surface area contributed by atoms with Crippen molar-refractivity contribution in [3.63, 3.8) is 0 Å². The summed E-state index contributed by atoms with van der Waals surface area (Å²) in [5.74, 6) is 0.181. The van der Waals surface area contributed by atoms with Gasteiger partial charge < -0.3 is 10.3 Å². The van der Waals surface area contributed by atoms with E-state index in [-0.39, 0.29) is 11.4 Å². The molecule has 20 heavy (non-hydrogen) atoms. The predicted octanol–water partition coefficient (Wildman–Crippen LogP) is 1.80. The van der Waals surface area contributed by atoms with Crippen LogP contribution in [0.5, 0.6) is 0 Å². The number of rotatable bonds is 2. The molecule has 1 aliphatic heterocycles. The van der Waals surface area contributed by atoms with Gasteiger partial charge in [0, 0.05) is 31.0 Å². The van der Waals surface area contributed by atoms with Crippen molar-refractivity contribution in [3.8, 4) is 0 Å². The molecule has 4 nitrogen and oxygen atoms in total. The Bertz CT molecular complexity index is 714. The molecule has 6 heteroatoms. The summed E-state index contributed by atoms with van der Waals surface area (Å²) in [7, 11) is 0. The van der Waals surface area contributed by atoms with Crippen LogP contribution in [-0.2, 0) is 19.4 Å². The van der Waals surface area contributed by atoms with Gasteiger partial charge in [-0.3, -0.25) is 4.79 Å². The van der Waals surface area contributed by atoms with Crippen molar-refractivity contribution in [1.29, 1.82) is 0 Å². The molecule has 0 atom stereocenters. The van der Waals surface area contributed by atoms with Crippen molar-refractivity contribution in [2.45, 2.75) is 19.4 Å². The summed E-state index contributed by atoms with van der Waals surface area (Å²) in [5.41, 5.74) is 2.16. The fourth-order valence-corrected chi connectivity index (χ4v) is 2.57. The number of hydrogen-bond acceptors (Lipinski definition) is 3. The zero-order valence-electron chi connectivity index (χ0n) is 10.7. The van der Waals surface area contributed by atoms with Crippen LogP contribution in [0, 0.1) is 5.82 Å². The van der Waals surface area contributed by atoms with E-state index in [1.807, 2.05) is 0 Å². The van der Waals surface area contributed by atoms with E-state index in [1.165, 1.54) is 12.1 Å². The molecule has 0 aliphatic carbocycles. The highest BCUT2D eigenvalue weighted by Crippen LogP contribution is 2.19. The summed E-state index contributed by atoms with van der Waals surface area (Å²) in [6, 6.07) is 4.22. The van der Waals surface area contributed by atoms with Crippen LogP contribution in [0.25, 0.3) is 0 Å². The highest BCUT2D eigenvalue weighted by atomic mass is 35.5. The maximum atomic E-state index is 13.0. The summed E-state index contributed by atoms with van der Waals surface area (Å²) >= 11 is 5.99. The lowest BCUT2D eigenvalue weighted by Gasteiger charge is -2.16. The van der Waals surface area contributed by atoms with Crippen molar-refractivity contribution in [2.75, 3.05) is 6.54 Å². The van der Waals surface area contributed by atoms with E-state index in [0.717, 1.165) is 24.2 Å². The molecule has 0 amide bonds. The molecular weight excluding hydrogens is 281 g/mol. The molecular formula is C14H13ClFN3O. The third-order valence-electron chi connectivity index (χ3n) is 3.36. The first kappa shape index (κ1) is 13.3. The Morgan fingerprint density at radius 3 is 3.05 bits per heavy atom. The molecule has 1 aromatic heterocycles. The van der Waals surface area contributed by atoms with E-state index in [1.54, 1.807) is 6.07 Å². The first-order valence-electron chi connectivity index (χ1n) is 6.39. The molecule has 2 N–H and O–H groups in total. The smallest absolute Gasteiger partial charge is 0.255 e. The lowest BCUT2D eigenvalue weighted by atomic mass is 10.1. The molecule has 0 unspecified atom stereocenters. The Morgan fingerprint density at radius 1 is 1.40 bits per heavy atom. The zero-order valence-corrected chi connectivity index (χ0v) is 11.4. The molecule has 0 fully saturated rings. The lowest BCUT2D eigenvalue weighted by molar-refractivity contribution is 0.614. The van der Waals surface area contributed by atoms with Crippen molar-refractivity contribution in [3.05, 3.63) is 62.0 Å². The first-order chi connectivity index (χ1) is 9.63. The van der Waals surface area contributed by atoms with Crippen molar-refractivity contribution < 1.29 is 4.39 Å². The van der Waals surface area contributed by atoms with Crippen LogP contribution in [0.2, 0.25) is 5.02 Å². The van der Waals surface area contributed by atoms with Gasteiger partial charge in [-0.2, -0.15) is 0 Å². The summed E-state index contributed by atoms with van der Waals surface area (Å²) in [6.45, 7) is 1.37. The summed E-state index contributed by atoms with van der Waals surface area (Å²) in [5, 5.41) is 3.48. The monoisotopic (exact) mass is 293 g/mol. The number of nitrogens with zero attached hydrogens (tertiary/aromatic N) is 1. The van der Waals surface area contributed by atoms with Gasteiger partial charge in [-0.1, -0.05) is 17.7 Å². The van der Waals surface area contributed by atoms with Crippen molar-refractivity contribution in [1.82, 2.24) is 15.3 Å². The van der Waals surface area contributed by atoms with Gasteiger partial charge in [-0.05, 0) is 17.7 Å². The largest absolute Gasteiger partial charge is 0.312 e. The normalized spacial score (nSPS) is 14.1. The fraction of sp³-hybridized carbons (Fsp3) is 0.286. The van der Waals surface area contributed by atoms with E-state index in [2.05, 4.69) is 15.3 Å².